The van der Waals surface area contributed by atoms with E-state index in [0.29, 0.717) is 23.1 Å². The number of fused-ring (bicyclic) bond motifs is 1. The van der Waals surface area contributed by atoms with E-state index in [4.69, 9.17) is 11.6 Å². The minimum absolute atomic E-state index is 0.0427. The molecule has 3 aromatic rings. The van der Waals surface area contributed by atoms with Crippen LogP contribution in [0, 0.1) is 0 Å². The largest absolute Gasteiger partial charge is 0.464 e. The van der Waals surface area contributed by atoms with Gasteiger partial charge in [0.15, 0.2) is 17.8 Å². The van der Waals surface area contributed by atoms with Crippen molar-refractivity contribution in [2.75, 3.05) is 0 Å². The van der Waals surface area contributed by atoms with Crippen molar-refractivity contribution in [2.45, 2.75) is 0 Å². The molecule has 3 rings (SSSR count). The monoisotopic (exact) mass is 301 g/mol. The molecule has 104 valence electrons. The third-order valence-corrected chi connectivity index (χ3v) is 3.27. The zero-order valence-electron chi connectivity index (χ0n) is 10.5. The van der Waals surface area contributed by atoms with E-state index in [9.17, 15) is 14.7 Å². The van der Waals surface area contributed by atoms with Gasteiger partial charge in [0.25, 0.3) is 0 Å². The highest BCUT2D eigenvalue weighted by molar-refractivity contribution is 6.34. The Morgan fingerprint density at radius 3 is 2.57 bits per heavy atom. The summed E-state index contributed by atoms with van der Waals surface area (Å²) in [6, 6.07) is 10.4. The topological polar surface area (TPSA) is 85.1 Å². The first-order chi connectivity index (χ1) is 10.1. The molecule has 0 aliphatic carbocycles. The van der Waals surface area contributed by atoms with E-state index < -0.39 is 6.09 Å². The molecule has 21 heavy (non-hydrogen) atoms. The minimum atomic E-state index is -1.30. The van der Waals surface area contributed by atoms with Crippen LogP contribution in [0.1, 0.15) is 10.5 Å². The highest BCUT2D eigenvalue weighted by atomic mass is 35.5. The van der Waals surface area contributed by atoms with Crippen LogP contribution in [0.5, 0.6) is 0 Å². The number of halogens is 1. The van der Waals surface area contributed by atoms with Crippen LogP contribution in [0.3, 0.4) is 0 Å². The number of rotatable bonds is 2. The Morgan fingerprint density at radius 1 is 1.24 bits per heavy atom. The van der Waals surface area contributed by atoms with Gasteiger partial charge in [0, 0.05) is 5.56 Å². The molecule has 0 radical (unpaired) electrons. The molecular weight excluding hydrogens is 294 g/mol. The van der Waals surface area contributed by atoms with Gasteiger partial charge in [-0.25, -0.2) is 19.3 Å². The summed E-state index contributed by atoms with van der Waals surface area (Å²) in [5.74, 6) is 0.297. The van der Waals surface area contributed by atoms with Crippen molar-refractivity contribution in [1.82, 2.24) is 14.5 Å². The Bertz CT molecular complexity index is 859. The lowest BCUT2D eigenvalue weighted by Crippen LogP contribution is -2.12. The van der Waals surface area contributed by atoms with Gasteiger partial charge in [-0.05, 0) is 6.07 Å². The number of aromatic nitrogens is 3. The molecule has 2 heterocycles. The number of carbonyl (C=O) groups is 2. The van der Waals surface area contributed by atoms with Crippen molar-refractivity contribution in [3.63, 3.8) is 0 Å². The molecule has 0 unspecified atom stereocenters. The number of nitrogens with zero attached hydrogens (tertiary/aromatic N) is 3. The number of aldehydes is 1. The molecule has 0 aliphatic heterocycles. The Kier molecular flexibility index (Phi) is 3.15. The van der Waals surface area contributed by atoms with Crippen LogP contribution in [-0.4, -0.2) is 32.0 Å². The van der Waals surface area contributed by atoms with Crippen molar-refractivity contribution in [1.29, 1.82) is 0 Å². The SMILES string of the molecule is O=Cc1cc2c(Cl)nc(-c3ccccc3)nc2n1C(=O)O. The third-order valence-electron chi connectivity index (χ3n) is 2.99. The first-order valence-corrected chi connectivity index (χ1v) is 6.32. The van der Waals surface area contributed by atoms with Crippen molar-refractivity contribution < 1.29 is 14.7 Å². The van der Waals surface area contributed by atoms with E-state index in [1.54, 1.807) is 12.1 Å². The highest BCUT2D eigenvalue weighted by Crippen LogP contribution is 2.27. The van der Waals surface area contributed by atoms with Crippen molar-refractivity contribution in [3.8, 4) is 11.4 Å². The van der Waals surface area contributed by atoms with E-state index in [0.717, 1.165) is 4.57 Å². The fraction of sp³-hybridized carbons (Fsp3) is 0. The Balaban J connectivity index is 2.35. The third kappa shape index (κ3) is 2.15. The maximum atomic E-state index is 11.3. The summed E-state index contributed by atoms with van der Waals surface area (Å²) in [7, 11) is 0. The summed E-state index contributed by atoms with van der Waals surface area (Å²) in [4.78, 5) is 30.7. The zero-order chi connectivity index (χ0) is 15.0. The smallest absolute Gasteiger partial charge is 0.417 e. The van der Waals surface area contributed by atoms with Gasteiger partial charge in [-0.2, -0.15) is 0 Å². The van der Waals surface area contributed by atoms with Gasteiger partial charge in [0.1, 0.15) is 5.15 Å². The normalized spacial score (nSPS) is 10.7. The van der Waals surface area contributed by atoms with Crippen molar-refractivity contribution >= 4 is 35.0 Å². The lowest BCUT2D eigenvalue weighted by molar-refractivity contribution is 0.111. The summed E-state index contributed by atoms with van der Waals surface area (Å²) < 4.78 is 0.794. The number of carboxylic acid groups (broad SMARTS) is 1. The molecule has 2 aromatic heterocycles. The van der Waals surface area contributed by atoms with Crippen LogP contribution in [0.2, 0.25) is 5.15 Å². The van der Waals surface area contributed by atoms with Crippen molar-refractivity contribution in [3.05, 3.63) is 47.2 Å². The number of carbonyl (C=O) groups excluding carboxylic acids is 1. The Hall–Kier alpha value is -2.73. The van der Waals surface area contributed by atoms with Crippen LogP contribution in [0.4, 0.5) is 4.79 Å². The maximum absolute atomic E-state index is 11.3. The highest BCUT2D eigenvalue weighted by Gasteiger charge is 2.19. The summed E-state index contributed by atoms with van der Waals surface area (Å²) in [6.07, 6.45) is -0.866. The number of hydrogen-bond donors (Lipinski definition) is 1. The van der Waals surface area contributed by atoms with E-state index in [1.807, 2.05) is 18.2 Å². The predicted molar refractivity (Wildman–Crippen MR) is 76.8 cm³/mol. The lowest BCUT2D eigenvalue weighted by Gasteiger charge is -2.03. The summed E-state index contributed by atoms with van der Waals surface area (Å²) in [6.45, 7) is 0. The molecular formula is C14H8ClN3O3. The molecule has 0 atom stereocenters. The molecule has 0 fully saturated rings. The maximum Gasteiger partial charge on any atom is 0.417 e. The summed E-state index contributed by atoms with van der Waals surface area (Å²) >= 11 is 6.09. The van der Waals surface area contributed by atoms with E-state index >= 15 is 0 Å². The average molecular weight is 302 g/mol. The molecule has 0 bridgehead atoms. The predicted octanol–water partition coefficient (Wildman–Crippen LogP) is 3.09. The van der Waals surface area contributed by atoms with E-state index in [1.165, 1.54) is 6.07 Å². The molecule has 1 N–H and O–H groups in total. The molecule has 0 aliphatic rings. The van der Waals surface area contributed by atoms with Crippen LogP contribution in [-0.2, 0) is 0 Å². The fourth-order valence-electron chi connectivity index (χ4n) is 2.06. The standard InChI is InChI=1S/C14H8ClN3O3/c15-11-10-6-9(7-19)18(14(20)21)13(10)17-12(16-11)8-4-2-1-3-5-8/h1-7H,(H,20,21). The second-order valence-electron chi connectivity index (χ2n) is 4.25. The van der Waals surface area contributed by atoms with Crippen LogP contribution >= 0.6 is 11.6 Å². The molecule has 0 saturated carbocycles. The first-order valence-electron chi connectivity index (χ1n) is 5.94. The van der Waals surface area contributed by atoms with Gasteiger partial charge < -0.3 is 5.11 Å². The fourth-order valence-corrected chi connectivity index (χ4v) is 2.28. The molecule has 0 saturated heterocycles. The average Bonchev–Trinajstić information content (AvgIpc) is 2.87. The minimum Gasteiger partial charge on any atom is -0.464 e. The zero-order valence-corrected chi connectivity index (χ0v) is 11.3. The number of benzene rings is 1. The van der Waals surface area contributed by atoms with Gasteiger partial charge in [-0.3, -0.25) is 4.79 Å². The van der Waals surface area contributed by atoms with E-state index in [2.05, 4.69) is 9.97 Å². The summed E-state index contributed by atoms with van der Waals surface area (Å²) in [5.41, 5.74) is 0.745. The first kappa shape index (κ1) is 13.3. The van der Waals surface area contributed by atoms with Crippen LogP contribution in [0.25, 0.3) is 22.4 Å². The van der Waals surface area contributed by atoms with Gasteiger partial charge in [-0.15, -0.1) is 0 Å². The molecule has 0 spiro atoms. The lowest BCUT2D eigenvalue weighted by atomic mass is 10.2. The second-order valence-corrected chi connectivity index (χ2v) is 4.60. The molecule has 0 amide bonds. The number of hydrogen-bond acceptors (Lipinski definition) is 4. The van der Waals surface area contributed by atoms with Crippen LogP contribution < -0.4 is 0 Å². The molecule has 6 nitrogen and oxygen atoms in total. The van der Waals surface area contributed by atoms with Gasteiger partial charge >= 0.3 is 6.09 Å². The molecule has 7 heteroatoms. The van der Waals surface area contributed by atoms with Crippen molar-refractivity contribution in [2.24, 2.45) is 0 Å². The van der Waals surface area contributed by atoms with Crippen LogP contribution in [0.15, 0.2) is 36.4 Å². The van der Waals surface area contributed by atoms with Gasteiger partial charge in [-0.1, -0.05) is 41.9 Å². The molecule has 1 aromatic carbocycles. The Labute approximate surface area is 123 Å². The van der Waals surface area contributed by atoms with Gasteiger partial charge in [0.2, 0.25) is 0 Å². The van der Waals surface area contributed by atoms with E-state index in [-0.39, 0.29) is 16.5 Å². The summed E-state index contributed by atoms with van der Waals surface area (Å²) in [5, 5.41) is 9.66. The second kappa shape index (κ2) is 4.99. The quantitative estimate of drug-likeness (QED) is 0.580. The Morgan fingerprint density at radius 2 is 1.95 bits per heavy atom. The van der Waals surface area contributed by atoms with Gasteiger partial charge in [0.05, 0.1) is 11.1 Å².